The summed E-state index contributed by atoms with van der Waals surface area (Å²) in [6, 6.07) is 9.44. The van der Waals surface area contributed by atoms with E-state index in [1.54, 1.807) is 6.20 Å². The minimum atomic E-state index is -0.151. The number of fused-ring (bicyclic) bond motifs is 6. The molecule has 2 heterocycles. The molecule has 4 nitrogen and oxygen atoms in total. The van der Waals surface area contributed by atoms with Gasteiger partial charge in [0.05, 0.1) is 23.0 Å². The van der Waals surface area contributed by atoms with Gasteiger partial charge in [-0.1, -0.05) is 24.3 Å². The van der Waals surface area contributed by atoms with Crippen molar-refractivity contribution in [1.29, 1.82) is 0 Å². The maximum atomic E-state index is 12.8. The third kappa shape index (κ3) is 1.39. The summed E-state index contributed by atoms with van der Waals surface area (Å²) in [5.41, 5.74) is 1.45. The number of hydrogen-bond acceptors (Lipinski definition) is 3. The van der Waals surface area contributed by atoms with Crippen LogP contribution in [0, 0.1) is 23.7 Å². The number of carbonyl (C=O) groups is 2. The van der Waals surface area contributed by atoms with Crippen molar-refractivity contribution in [2.75, 3.05) is 4.90 Å². The molecule has 2 amide bonds. The van der Waals surface area contributed by atoms with Gasteiger partial charge in [-0.25, -0.2) is 4.90 Å². The normalized spacial score (nSPS) is 32.3. The van der Waals surface area contributed by atoms with Crippen molar-refractivity contribution in [1.82, 2.24) is 4.98 Å². The molecule has 3 aliphatic rings. The fourth-order valence-corrected chi connectivity index (χ4v) is 4.35. The molecule has 0 spiro atoms. The summed E-state index contributed by atoms with van der Waals surface area (Å²) in [6.07, 6.45) is 6.91. The Morgan fingerprint density at radius 3 is 2.45 bits per heavy atom. The topological polar surface area (TPSA) is 50.3 Å². The van der Waals surface area contributed by atoms with Gasteiger partial charge in [-0.15, -0.1) is 0 Å². The largest absolute Gasteiger partial charge is 0.274 e. The van der Waals surface area contributed by atoms with Gasteiger partial charge in [0.25, 0.3) is 0 Å². The highest BCUT2D eigenvalue weighted by Gasteiger charge is 2.59. The van der Waals surface area contributed by atoms with Crippen molar-refractivity contribution in [2.24, 2.45) is 23.7 Å². The summed E-state index contributed by atoms with van der Waals surface area (Å²) in [5.74, 6) is 0.109. The fraction of sp³-hybridized carbons (Fsp3) is 0.278. The monoisotopic (exact) mass is 290 g/mol. The molecule has 1 aromatic carbocycles. The minimum absolute atomic E-state index is 0.0397. The number of amides is 2. The fourth-order valence-electron chi connectivity index (χ4n) is 4.35. The van der Waals surface area contributed by atoms with Crippen LogP contribution >= 0.6 is 0 Å². The van der Waals surface area contributed by atoms with E-state index in [0.29, 0.717) is 5.69 Å². The molecule has 2 unspecified atom stereocenters. The van der Waals surface area contributed by atoms with Crippen LogP contribution in [0.2, 0.25) is 0 Å². The maximum Gasteiger partial charge on any atom is 0.238 e. The van der Waals surface area contributed by atoms with E-state index >= 15 is 0 Å². The first-order valence-corrected chi connectivity index (χ1v) is 7.65. The van der Waals surface area contributed by atoms with Crippen LogP contribution in [-0.4, -0.2) is 16.8 Å². The molecular formula is C18H14N2O2. The third-order valence-electron chi connectivity index (χ3n) is 5.32. The third-order valence-corrected chi connectivity index (χ3v) is 5.32. The van der Waals surface area contributed by atoms with Crippen molar-refractivity contribution >= 4 is 28.4 Å². The average molecular weight is 290 g/mol. The van der Waals surface area contributed by atoms with Crippen molar-refractivity contribution in [2.45, 2.75) is 6.42 Å². The SMILES string of the molecule is O=C1[C@@H]2C3C=CC(C3)[C@@H]2C(=O)N1c1ccc2cccnc2c1. The second-order valence-corrected chi connectivity index (χ2v) is 6.39. The first-order valence-electron chi connectivity index (χ1n) is 7.65. The predicted molar refractivity (Wildman–Crippen MR) is 82.0 cm³/mol. The Hall–Kier alpha value is -2.49. The van der Waals surface area contributed by atoms with Crippen LogP contribution in [0.5, 0.6) is 0 Å². The molecule has 0 N–H and O–H groups in total. The Kier molecular flexibility index (Phi) is 2.22. The molecule has 2 aromatic rings. The molecule has 2 fully saturated rings. The molecular weight excluding hydrogens is 276 g/mol. The zero-order chi connectivity index (χ0) is 14.8. The number of pyridine rings is 1. The van der Waals surface area contributed by atoms with Crippen molar-refractivity contribution < 1.29 is 9.59 Å². The second kappa shape index (κ2) is 4.03. The quantitative estimate of drug-likeness (QED) is 0.599. The Labute approximate surface area is 127 Å². The molecule has 2 bridgehead atoms. The lowest BCUT2D eigenvalue weighted by atomic mass is 9.85. The highest BCUT2D eigenvalue weighted by Crippen LogP contribution is 2.53. The lowest BCUT2D eigenvalue weighted by Gasteiger charge is -2.17. The first kappa shape index (κ1) is 12.1. The van der Waals surface area contributed by atoms with Gasteiger partial charge in [0, 0.05) is 11.6 Å². The van der Waals surface area contributed by atoms with E-state index in [1.165, 1.54) is 4.90 Å². The van der Waals surface area contributed by atoms with Crippen LogP contribution in [0.1, 0.15) is 6.42 Å². The number of rotatable bonds is 1. The second-order valence-electron chi connectivity index (χ2n) is 6.39. The van der Waals surface area contributed by atoms with Gasteiger partial charge in [-0.3, -0.25) is 14.6 Å². The number of imide groups is 1. The first-order chi connectivity index (χ1) is 10.7. The maximum absolute atomic E-state index is 12.8. The van der Waals surface area contributed by atoms with E-state index in [9.17, 15) is 9.59 Å². The van der Waals surface area contributed by atoms with E-state index in [0.717, 1.165) is 17.3 Å². The number of benzene rings is 1. The molecule has 108 valence electrons. The van der Waals surface area contributed by atoms with Gasteiger partial charge >= 0.3 is 0 Å². The molecule has 2 aliphatic carbocycles. The highest BCUT2D eigenvalue weighted by atomic mass is 16.2. The lowest BCUT2D eigenvalue weighted by Crippen LogP contribution is -2.32. The van der Waals surface area contributed by atoms with Gasteiger partial charge in [0.1, 0.15) is 0 Å². The van der Waals surface area contributed by atoms with E-state index in [-0.39, 0.29) is 35.5 Å². The van der Waals surface area contributed by atoms with Crippen LogP contribution in [0.3, 0.4) is 0 Å². The summed E-state index contributed by atoms with van der Waals surface area (Å²) in [5, 5.41) is 1.01. The molecule has 1 aliphatic heterocycles. The smallest absolute Gasteiger partial charge is 0.238 e. The van der Waals surface area contributed by atoms with Gasteiger partial charge in [0.15, 0.2) is 0 Å². The molecule has 1 saturated heterocycles. The number of aromatic nitrogens is 1. The minimum Gasteiger partial charge on any atom is -0.274 e. The molecule has 5 rings (SSSR count). The van der Waals surface area contributed by atoms with E-state index in [2.05, 4.69) is 17.1 Å². The van der Waals surface area contributed by atoms with Gasteiger partial charge in [-0.05, 0) is 36.5 Å². The Bertz CT molecular complexity index is 827. The van der Waals surface area contributed by atoms with Gasteiger partial charge in [-0.2, -0.15) is 0 Å². The Balaban J connectivity index is 1.60. The molecule has 4 atom stereocenters. The predicted octanol–water partition coefficient (Wildman–Crippen LogP) is 2.55. The van der Waals surface area contributed by atoms with E-state index in [1.807, 2.05) is 30.3 Å². The summed E-state index contributed by atoms with van der Waals surface area (Å²) in [4.78, 5) is 31.2. The zero-order valence-electron chi connectivity index (χ0n) is 11.8. The summed E-state index contributed by atoms with van der Waals surface area (Å²) >= 11 is 0. The highest BCUT2D eigenvalue weighted by molar-refractivity contribution is 6.23. The van der Waals surface area contributed by atoms with Crippen LogP contribution in [-0.2, 0) is 9.59 Å². The number of anilines is 1. The van der Waals surface area contributed by atoms with E-state index < -0.39 is 0 Å². The Morgan fingerprint density at radius 1 is 1.00 bits per heavy atom. The number of carbonyl (C=O) groups excluding carboxylic acids is 2. The molecule has 0 radical (unpaired) electrons. The average Bonchev–Trinajstić information content (AvgIpc) is 3.21. The number of hydrogen-bond donors (Lipinski definition) is 0. The standard InChI is InChI=1S/C18H14N2O2/c21-17-15-11-3-4-12(8-11)16(15)18(22)20(17)13-6-5-10-2-1-7-19-14(10)9-13/h1-7,9,11-12,15-16H,8H2/t11?,12?,15-,16+. The van der Waals surface area contributed by atoms with Crippen molar-refractivity contribution in [3.63, 3.8) is 0 Å². The van der Waals surface area contributed by atoms with Crippen LogP contribution in [0.25, 0.3) is 10.9 Å². The summed E-state index contributed by atoms with van der Waals surface area (Å²) in [7, 11) is 0. The number of allylic oxidation sites excluding steroid dienone is 2. The number of nitrogens with zero attached hydrogens (tertiary/aromatic N) is 2. The molecule has 1 aromatic heterocycles. The summed E-state index contributed by atoms with van der Waals surface area (Å²) in [6.45, 7) is 0. The van der Waals surface area contributed by atoms with Crippen LogP contribution in [0.4, 0.5) is 5.69 Å². The lowest BCUT2D eigenvalue weighted by molar-refractivity contribution is -0.123. The molecule has 4 heteroatoms. The Morgan fingerprint density at radius 2 is 1.73 bits per heavy atom. The summed E-state index contributed by atoms with van der Waals surface area (Å²) < 4.78 is 0. The molecule has 1 saturated carbocycles. The van der Waals surface area contributed by atoms with Gasteiger partial charge < -0.3 is 0 Å². The zero-order valence-corrected chi connectivity index (χ0v) is 11.8. The van der Waals surface area contributed by atoms with Crippen molar-refractivity contribution in [3.8, 4) is 0 Å². The van der Waals surface area contributed by atoms with Gasteiger partial charge in [0.2, 0.25) is 11.8 Å². The van der Waals surface area contributed by atoms with Crippen LogP contribution in [0.15, 0.2) is 48.7 Å². The van der Waals surface area contributed by atoms with Crippen LogP contribution < -0.4 is 4.90 Å². The van der Waals surface area contributed by atoms with E-state index in [4.69, 9.17) is 0 Å². The van der Waals surface area contributed by atoms with Crippen molar-refractivity contribution in [3.05, 3.63) is 48.7 Å². The molecule has 22 heavy (non-hydrogen) atoms.